The van der Waals surface area contributed by atoms with E-state index in [4.69, 9.17) is 12.2 Å². The van der Waals surface area contributed by atoms with Gasteiger partial charge in [-0.05, 0) is 51.7 Å². The van der Waals surface area contributed by atoms with Gasteiger partial charge < -0.3 is 10.2 Å². The zero-order valence-electron chi connectivity index (χ0n) is 14.5. The minimum absolute atomic E-state index is 0.604. The van der Waals surface area contributed by atoms with E-state index in [2.05, 4.69) is 31.0 Å². The first-order valence-electron chi connectivity index (χ1n) is 9.23. The molecule has 1 aliphatic rings. The summed E-state index contributed by atoms with van der Waals surface area (Å²) in [4.78, 5) is 2.42. The molecule has 1 aliphatic heterocycles. The molecular weight excluding hydrogens is 276 g/mol. The molecule has 0 radical (unpaired) electrons. The van der Waals surface area contributed by atoms with Gasteiger partial charge in [0, 0.05) is 18.6 Å². The number of nitrogens with one attached hydrogen (secondary N) is 1. The van der Waals surface area contributed by atoms with Gasteiger partial charge in [-0.3, -0.25) is 0 Å². The highest BCUT2D eigenvalue weighted by molar-refractivity contribution is 7.80. The van der Waals surface area contributed by atoms with E-state index in [0.717, 1.165) is 11.7 Å². The second-order valence-corrected chi connectivity index (χ2v) is 7.13. The van der Waals surface area contributed by atoms with Crippen molar-refractivity contribution in [3.8, 4) is 0 Å². The second kappa shape index (κ2) is 11.3. The molecule has 2 nitrogen and oxygen atoms in total. The van der Waals surface area contributed by atoms with Crippen LogP contribution in [0.3, 0.4) is 0 Å². The number of hydrogen-bond acceptors (Lipinski definition) is 1. The average Bonchev–Trinajstić information content (AvgIpc) is 2.45. The van der Waals surface area contributed by atoms with Crippen LogP contribution in [0.1, 0.15) is 91.4 Å². The summed E-state index contributed by atoms with van der Waals surface area (Å²) in [6, 6.07) is 1.21. The molecule has 1 saturated heterocycles. The number of piperidine rings is 1. The molecule has 0 unspecified atom stereocenters. The molecule has 124 valence electrons. The predicted molar refractivity (Wildman–Crippen MR) is 97.8 cm³/mol. The smallest absolute Gasteiger partial charge is 0.169 e. The average molecular weight is 313 g/mol. The van der Waals surface area contributed by atoms with Crippen molar-refractivity contribution >= 4 is 17.3 Å². The highest BCUT2D eigenvalue weighted by atomic mass is 32.1. The first-order chi connectivity index (χ1) is 10.2. The maximum Gasteiger partial charge on any atom is 0.169 e. The Kier molecular flexibility index (Phi) is 10.1. The van der Waals surface area contributed by atoms with Crippen LogP contribution < -0.4 is 5.32 Å². The van der Waals surface area contributed by atoms with E-state index in [1.165, 1.54) is 70.6 Å². The molecule has 0 saturated carbocycles. The van der Waals surface area contributed by atoms with Gasteiger partial charge in [-0.2, -0.15) is 0 Å². The minimum atomic E-state index is 0.604. The normalized spacial score (nSPS) is 22.3. The Morgan fingerprint density at radius 3 is 2.05 bits per heavy atom. The zero-order valence-corrected chi connectivity index (χ0v) is 15.3. The number of unbranched alkanes of at least 4 members (excludes halogenated alkanes) is 7. The number of likely N-dealkylation sites (tertiary alicyclic amines) is 1. The van der Waals surface area contributed by atoms with Crippen molar-refractivity contribution in [1.29, 1.82) is 0 Å². The van der Waals surface area contributed by atoms with Crippen LogP contribution >= 0.6 is 12.2 Å². The summed E-state index contributed by atoms with van der Waals surface area (Å²) in [5, 5.41) is 4.47. The monoisotopic (exact) mass is 312 g/mol. The molecule has 0 amide bonds. The fraction of sp³-hybridized carbons (Fsp3) is 0.944. The van der Waals surface area contributed by atoms with Crippen molar-refractivity contribution in [2.24, 2.45) is 0 Å². The molecule has 0 aromatic rings. The van der Waals surface area contributed by atoms with Crippen LogP contribution in [0.5, 0.6) is 0 Å². The molecule has 3 heteroatoms. The quantitative estimate of drug-likeness (QED) is 0.461. The molecule has 1 N–H and O–H groups in total. The van der Waals surface area contributed by atoms with E-state index in [0.29, 0.717) is 12.1 Å². The molecular formula is C18H36N2S. The molecule has 21 heavy (non-hydrogen) atoms. The molecule has 1 heterocycles. The summed E-state index contributed by atoms with van der Waals surface area (Å²) < 4.78 is 0. The fourth-order valence-corrected chi connectivity index (χ4v) is 3.83. The fourth-order valence-electron chi connectivity index (χ4n) is 3.37. The summed E-state index contributed by atoms with van der Waals surface area (Å²) in [7, 11) is 0. The Morgan fingerprint density at radius 1 is 0.952 bits per heavy atom. The lowest BCUT2D eigenvalue weighted by molar-refractivity contribution is 0.189. The van der Waals surface area contributed by atoms with Gasteiger partial charge in [-0.15, -0.1) is 0 Å². The summed E-state index contributed by atoms with van der Waals surface area (Å²) in [6.07, 6.45) is 14.9. The number of rotatable bonds is 9. The van der Waals surface area contributed by atoms with Crippen LogP contribution in [-0.2, 0) is 0 Å². The van der Waals surface area contributed by atoms with Gasteiger partial charge in [0.05, 0.1) is 0 Å². The third-order valence-electron chi connectivity index (χ3n) is 4.73. The second-order valence-electron chi connectivity index (χ2n) is 6.74. The van der Waals surface area contributed by atoms with Crippen LogP contribution in [0.25, 0.3) is 0 Å². The zero-order chi connectivity index (χ0) is 15.5. The summed E-state index contributed by atoms with van der Waals surface area (Å²) in [5.74, 6) is 0. The summed E-state index contributed by atoms with van der Waals surface area (Å²) >= 11 is 5.59. The van der Waals surface area contributed by atoms with Crippen molar-refractivity contribution in [2.45, 2.75) is 103 Å². The van der Waals surface area contributed by atoms with Crippen molar-refractivity contribution < 1.29 is 0 Å². The van der Waals surface area contributed by atoms with E-state index in [9.17, 15) is 0 Å². The Morgan fingerprint density at radius 2 is 1.48 bits per heavy atom. The number of hydrogen-bond donors (Lipinski definition) is 1. The van der Waals surface area contributed by atoms with Gasteiger partial charge in [0.25, 0.3) is 0 Å². The minimum Gasteiger partial charge on any atom is -0.363 e. The van der Waals surface area contributed by atoms with E-state index < -0.39 is 0 Å². The van der Waals surface area contributed by atoms with Crippen molar-refractivity contribution in [3.05, 3.63) is 0 Å². The topological polar surface area (TPSA) is 15.3 Å². The van der Waals surface area contributed by atoms with Crippen LogP contribution in [0, 0.1) is 0 Å². The van der Waals surface area contributed by atoms with Crippen LogP contribution in [-0.4, -0.2) is 28.6 Å². The SMILES string of the molecule is CCCCCCCCCCNC(=S)N1[C@H](C)CCC[C@@H]1C. The molecule has 2 atom stereocenters. The number of thiocarbonyl (C=S) groups is 1. The van der Waals surface area contributed by atoms with Gasteiger partial charge in [0.2, 0.25) is 0 Å². The molecule has 0 bridgehead atoms. The largest absolute Gasteiger partial charge is 0.363 e. The number of nitrogens with zero attached hydrogens (tertiary/aromatic N) is 1. The molecule has 0 aliphatic carbocycles. The predicted octanol–water partition coefficient (Wildman–Crippen LogP) is 5.26. The van der Waals surface area contributed by atoms with Gasteiger partial charge in [-0.25, -0.2) is 0 Å². The van der Waals surface area contributed by atoms with Crippen molar-refractivity contribution in [3.63, 3.8) is 0 Å². The van der Waals surface area contributed by atoms with Crippen LogP contribution in [0.2, 0.25) is 0 Å². The first kappa shape index (κ1) is 18.7. The maximum absolute atomic E-state index is 5.59. The van der Waals surface area contributed by atoms with Crippen LogP contribution in [0.4, 0.5) is 0 Å². The van der Waals surface area contributed by atoms with E-state index in [1.54, 1.807) is 0 Å². The molecule has 0 spiro atoms. The summed E-state index contributed by atoms with van der Waals surface area (Å²) in [6.45, 7) is 7.93. The highest BCUT2D eigenvalue weighted by Gasteiger charge is 2.26. The van der Waals surface area contributed by atoms with Gasteiger partial charge in [0.1, 0.15) is 0 Å². The standard InChI is InChI=1S/C18H36N2S/c1-4-5-6-7-8-9-10-11-15-19-18(21)20-16(2)13-12-14-17(20)3/h16-17H,4-15H2,1-3H3,(H,19,21)/t16-,17+. The van der Waals surface area contributed by atoms with E-state index in [1.807, 2.05) is 0 Å². The Bertz CT molecular complexity index is 270. The Labute approximate surface area is 138 Å². The third kappa shape index (κ3) is 7.49. The van der Waals surface area contributed by atoms with Crippen molar-refractivity contribution in [2.75, 3.05) is 6.54 Å². The first-order valence-corrected chi connectivity index (χ1v) is 9.63. The van der Waals surface area contributed by atoms with Gasteiger partial charge in [0.15, 0.2) is 5.11 Å². The molecule has 1 fully saturated rings. The molecule has 0 aromatic carbocycles. The van der Waals surface area contributed by atoms with Crippen molar-refractivity contribution in [1.82, 2.24) is 10.2 Å². The molecule has 1 rings (SSSR count). The van der Waals surface area contributed by atoms with E-state index >= 15 is 0 Å². The van der Waals surface area contributed by atoms with Gasteiger partial charge in [-0.1, -0.05) is 51.9 Å². The lowest BCUT2D eigenvalue weighted by atomic mass is 9.98. The Hall–Kier alpha value is -0.310. The highest BCUT2D eigenvalue weighted by Crippen LogP contribution is 2.22. The third-order valence-corrected chi connectivity index (χ3v) is 5.09. The Balaban J connectivity index is 2.03. The molecule has 0 aromatic heterocycles. The maximum atomic E-state index is 5.59. The lowest BCUT2D eigenvalue weighted by Crippen LogP contribution is -2.51. The van der Waals surface area contributed by atoms with E-state index in [-0.39, 0.29) is 0 Å². The lowest BCUT2D eigenvalue weighted by Gasteiger charge is -2.41. The van der Waals surface area contributed by atoms with Crippen LogP contribution in [0.15, 0.2) is 0 Å². The van der Waals surface area contributed by atoms with Gasteiger partial charge >= 0.3 is 0 Å². The summed E-state index contributed by atoms with van der Waals surface area (Å²) in [5.41, 5.74) is 0.